The molecule has 0 heterocycles. The van der Waals surface area contributed by atoms with E-state index in [9.17, 15) is 57.5 Å². The van der Waals surface area contributed by atoms with Gasteiger partial charge in [-0.25, -0.2) is 0 Å². The van der Waals surface area contributed by atoms with Gasteiger partial charge >= 0.3 is 0 Å². The van der Waals surface area contributed by atoms with Crippen molar-refractivity contribution < 1.29 is 57.5 Å². The third-order valence-corrected chi connectivity index (χ3v) is 13.1. The van der Waals surface area contributed by atoms with Gasteiger partial charge in [-0.2, -0.15) is 0 Å². The molecular weight excluding hydrogens is 1440 g/mol. The van der Waals surface area contributed by atoms with Crippen molar-refractivity contribution in [2.75, 3.05) is 60.2 Å². The smallest absolute Gasteiger partial charge is 0.246 e. The van der Waals surface area contributed by atoms with E-state index in [-0.39, 0.29) is 132 Å². The third-order valence-electron chi connectivity index (χ3n) is 12.9. The molecule has 19 heteroatoms. The van der Waals surface area contributed by atoms with Crippen LogP contribution >= 0.6 is 11.6 Å². The Morgan fingerprint density at radius 3 is 1.07 bits per heavy atom. The minimum atomic E-state index is -0.393. The molecule has 0 aromatic heterocycles. The molecule has 0 rings (SSSR count). The zero-order chi connectivity index (χ0) is 93.0. The fraction of sp³-hybridized carbons (Fsp3) is 0.660. The molecule has 3 N–H and O–H groups in total. The number of amides is 5. The maximum atomic E-state index is 11.5. The Morgan fingerprint density at radius 1 is 0.434 bits per heavy atom. The molecule has 18 nitrogen and oxygen atoms in total. The lowest BCUT2D eigenvalue weighted by Crippen LogP contribution is -2.39. The molecule has 0 aromatic rings. The summed E-state index contributed by atoms with van der Waals surface area (Å²) < 4.78 is 0. The number of allylic oxidation sites excluding steroid dienone is 7. The number of halogens is 1. The number of carbonyl (C=O) groups excluding carboxylic acids is 12. The van der Waals surface area contributed by atoms with Gasteiger partial charge in [-0.1, -0.05) is 236 Å². The fourth-order valence-corrected chi connectivity index (χ4v) is 7.20. The van der Waals surface area contributed by atoms with Gasteiger partial charge in [0.25, 0.3) is 0 Å². The second-order valence-corrected chi connectivity index (χ2v) is 39.3. The second-order valence-electron chi connectivity index (χ2n) is 39.0. The van der Waals surface area contributed by atoms with Gasteiger partial charge in [-0.3, -0.25) is 57.5 Å². The highest BCUT2D eigenvalue weighted by Crippen LogP contribution is 2.23. The average Bonchev–Trinajstić information content (AvgIpc) is 0.888. The van der Waals surface area contributed by atoms with Gasteiger partial charge in [-0.15, -0.1) is 11.6 Å². The van der Waals surface area contributed by atoms with Crippen LogP contribution in [0.2, 0.25) is 0 Å². The van der Waals surface area contributed by atoms with E-state index in [1.165, 1.54) is 41.4 Å². The van der Waals surface area contributed by atoms with Crippen LogP contribution < -0.4 is 16.0 Å². The van der Waals surface area contributed by atoms with E-state index in [2.05, 4.69) is 166 Å². The van der Waals surface area contributed by atoms with Gasteiger partial charge in [-0.05, 0) is 191 Å². The predicted molar refractivity (Wildman–Crippen MR) is 486 cm³/mol. The average molecular weight is 1610 g/mol. The van der Waals surface area contributed by atoms with Crippen LogP contribution in [-0.4, -0.2) is 156 Å². The molecule has 0 unspecified atom stereocenters. The van der Waals surface area contributed by atoms with Gasteiger partial charge in [0.05, 0.1) is 12.4 Å². The zero-order valence-corrected chi connectivity index (χ0v) is 80.5. The number of carbonyl (C=O) groups is 12. The summed E-state index contributed by atoms with van der Waals surface area (Å²) in [5.74, 6) is 0.915. The molecule has 5 amide bonds. The molecule has 0 saturated carbocycles. The number of ketones is 7. The Bertz CT molecular complexity index is 2970. The predicted octanol–water partition coefficient (Wildman–Crippen LogP) is 20.7. The quantitative estimate of drug-likeness (QED) is 0.0569. The first-order chi connectivity index (χ1) is 50.2. The van der Waals surface area contributed by atoms with E-state index >= 15 is 0 Å². The van der Waals surface area contributed by atoms with Gasteiger partial charge in [0.2, 0.25) is 29.5 Å². The van der Waals surface area contributed by atoms with Crippen LogP contribution in [-0.2, 0) is 57.5 Å². The topological polar surface area (TPSA) is 251 Å². The van der Waals surface area contributed by atoms with Crippen molar-refractivity contribution in [3.8, 4) is 0 Å². The number of nitrogens with one attached hydrogen (secondary N) is 3. The molecule has 113 heavy (non-hydrogen) atoms. The van der Waals surface area contributed by atoms with Crippen LogP contribution in [0.1, 0.15) is 288 Å². The molecule has 0 aliphatic carbocycles. The first-order valence-corrected chi connectivity index (χ1v) is 39.4. The van der Waals surface area contributed by atoms with Crippen molar-refractivity contribution in [3.05, 3.63) is 124 Å². The molecule has 0 fully saturated rings. The molecule has 0 aliphatic heterocycles. The van der Waals surface area contributed by atoms with Gasteiger partial charge in [0.1, 0.15) is 5.78 Å². The van der Waals surface area contributed by atoms with Crippen LogP contribution in [0.25, 0.3) is 0 Å². The molecule has 656 valence electrons. The molecule has 0 spiro atoms. The van der Waals surface area contributed by atoms with Crippen LogP contribution in [0.5, 0.6) is 0 Å². The summed E-state index contributed by atoms with van der Waals surface area (Å²) in [4.78, 5) is 136. The number of rotatable bonds is 25. The minimum Gasteiger partial charge on any atom is -0.352 e. The third kappa shape index (κ3) is 121. The summed E-state index contributed by atoms with van der Waals surface area (Å²) in [6, 6.07) is 0. The van der Waals surface area contributed by atoms with Crippen LogP contribution in [0, 0.1) is 49.7 Å². The Labute approximate surface area is 698 Å². The second kappa shape index (κ2) is 65.9. The van der Waals surface area contributed by atoms with E-state index in [0.29, 0.717) is 36.8 Å². The van der Waals surface area contributed by atoms with Gasteiger partial charge in [0, 0.05) is 92.8 Å². The molecule has 0 radical (unpaired) electrons. The van der Waals surface area contributed by atoms with Crippen LogP contribution in [0.4, 0.5) is 0 Å². The monoisotopic (exact) mass is 1610 g/mol. The van der Waals surface area contributed by atoms with E-state index in [4.69, 9.17) is 11.6 Å². The van der Waals surface area contributed by atoms with Crippen molar-refractivity contribution in [3.63, 3.8) is 0 Å². The van der Waals surface area contributed by atoms with Gasteiger partial charge in [0.15, 0.2) is 34.7 Å². The maximum absolute atomic E-state index is 11.5. The molecule has 0 atom stereocenters. The fourth-order valence-electron chi connectivity index (χ4n) is 6.89. The number of alkyl halides is 1. The SMILES string of the molecule is C=C(C)C(=O)C(C)C.C=CC(=O)C(C)(C)C.C=CC(=O)CCCC(C)(C)C.C=CC(=O)N(C)CC(=O)C(C)(C)C.C=CC(=O)N(C)CC(C)(C)C.C=CC(=O)NC(C)(C)C.C=CC(=O)NCC(C)(C)C.CC(C)=CC(=O)CC(C)(C)C.CC(C)=CC(=O)CCC(C)(C)C.CC(C)C(=O)CCl.CN(C)C/C=C/C(=O)NC(C)(C)C. The standard InChI is InChI=1S/C11H20O.C10H20N2O.C10H17NO2.2C10H18O.C9H17NO.C8H15NO.C7H13NO.2C7H12O.C5H9ClO/c1-9(2)8-10(12)6-7-11(3,4)5;1-10(2,3)11-9(13)7-6-8-12(4)5;1-6-9(13)11(5)7-8(12)10(2,3)4;1-8(2)6-9(11)7-10(3,4)5;1-5-9(11)7-6-8-10(2,3)4;1-6-8(11)10(5)7-9(2,3)4;1-5-7(10)9-6-8(2,3)4;1-5-6(9)8-7(2,3)4;1-5-6(8)7(2,3)4;1-5(2)7(8)6(3)4;1-4(2)5(7)3-6/h8H,6-7H2,1-5H3;6-7H,8H2,1-5H3,(H,11,13);6H,1,7H2,2-5H3;6H,7H2,1-5H3;5H,1,6-8H2,2-4H3;6H,1,7H2,2-5H3;5H,1,6H2,2-4H3,(H,9,10);5H,1H2,2-4H3,(H,8,9);5H,1H2,2-4H3;6H,1H2,2-4H3;4H,3H2,1-2H3/b;7-6+;;;;;;;;;. The number of hydrogen-bond acceptors (Lipinski definition) is 13. The number of hydrogen-bond donors (Lipinski definition) is 3. The highest BCUT2D eigenvalue weighted by molar-refractivity contribution is 6.27. The lowest BCUT2D eigenvalue weighted by atomic mass is 9.89. The molecular formula is C94H171ClN6O12. The van der Waals surface area contributed by atoms with E-state index < -0.39 is 5.41 Å². The van der Waals surface area contributed by atoms with Gasteiger partial charge < -0.3 is 30.7 Å². The normalized spacial score (nSPS) is 10.9. The maximum Gasteiger partial charge on any atom is 0.246 e. The first-order valence-electron chi connectivity index (χ1n) is 38.9. The van der Waals surface area contributed by atoms with Crippen molar-refractivity contribution in [1.29, 1.82) is 0 Å². The summed E-state index contributed by atoms with van der Waals surface area (Å²) in [7, 11) is 7.31. The first kappa shape index (κ1) is 129. The summed E-state index contributed by atoms with van der Waals surface area (Å²) in [5.41, 5.74) is 2.93. The van der Waals surface area contributed by atoms with Crippen molar-refractivity contribution >= 4 is 81.6 Å². The largest absolute Gasteiger partial charge is 0.352 e. The van der Waals surface area contributed by atoms with Crippen molar-refractivity contribution in [1.82, 2.24) is 30.7 Å². The highest BCUT2D eigenvalue weighted by atomic mass is 35.5. The van der Waals surface area contributed by atoms with Crippen molar-refractivity contribution in [2.45, 2.75) is 299 Å². The Balaban J connectivity index is -0.000000113. The molecule has 0 aromatic carbocycles. The highest BCUT2D eigenvalue weighted by Gasteiger charge is 2.24. The van der Waals surface area contributed by atoms with E-state index in [1.807, 2.05) is 164 Å². The van der Waals surface area contributed by atoms with E-state index in [0.717, 1.165) is 43.5 Å². The summed E-state index contributed by atoms with van der Waals surface area (Å²) in [6.45, 7) is 97.6. The molecule has 0 saturated heterocycles. The zero-order valence-electron chi connectivity index (χ0n) is 79.8. The molecule has 0 aliphatic rings. The summed E-state index contributed by atoms with van der Waals surface area (Å²) in [5, 5.41) is 8.28. The number of nitrogens with zero attached hydrogens (tertiary/aromatic N) is 3. The summed E-state index contributed by atoms with van der Waals surface area (Å²) in [6.07, 6.45) is 19.7. The van der Waals surface area contributed by atoms with Crippen molar-refractivity contribution in [2.24, 2.45) is 49.7 Å². The van der Waals surface area contributed by atoms with Crippen LogP contribution in [0.15, 0.2) is 124 Å². The minimum absolute atomic E-state index is 0.0140. The Hall–Kier alpha value is -7.31. The lowest BCUT2D eigenvalue weighted by molar-refractivity contribution is -0.133. The molecule has 0 bridgehead atoms. The number of likely N-dealkylation sites (N-methyl/N-ethyl adjacent to an activating group) is 3. The Kier molecular flexibility index (Phi) is 75.3. The summed E-state index contributed by atoms with van der Waals surface area (Å²) >= 11 is 5.20. The Morgan fingerprint density at radius 2 is 0.832 bits per heavy atom. The van der Waals surface area contributed by atoms with Crippen LogP contribution in [0.3, 0.4) is 0 Å². The van der Waals surface area contributed by atoms with E-state index in [1.54, 1.807) is 44.1 Å². The number of Topliss-reactive ketones (excluding diaryl/α,β-unsaturated/α-hetero) is 3. The lowest BCUT2D eigenvalue weighted by Gasteiger charge is -2.25.